The molecule has 10 unspecified atom stereocenters. The number of carbonyl (C=O) groups is 15. The molecule has 20 aliphatic carbocycles. The second-order valence-electron chi connectivity index (χ2n) is 49.9. The highest BCUT2D eigenvalue weighted by atomic mass is 16.6. The molecule has 0 aromatic carbocycles. The largest absolute Gasteiger partial charge is 0.458 e. The van der Waals surface area contributed by atoms with Gasteiger partial charge in [0.1, 0.15) is 22.4 Å². The van der Waals surface area contributed by atoms with Gasteiger partial charge in [-0.2, -0.15) is 0 Å². The molecule has 10 fully saturated rings. The number of ether oxygens (including phenoxy) is 5. The summed E-state index contributed by atoms with van der Waals surface area (Å²) in [7, 11) is 0. The van der Waals surface area contributed by atoms with Crippen molar-refractivity contribution in [3.63, 3.8) is 0 Å². The molecule has 0 aromatic heterocycles. The third-order valence-electron chi connectivity index (χ3n) is 43.3. The maximum absolute atomic E-state index is 13.3. The van der Waals surface area contributed by atoms with Gasteiger partial charge in [-0.3, -0.25) is 71.9 Å². The number of hydrogen-bond donors (Lipinski definition) is 4. The lowest BCUT2D eigenvalue weighted by atomic mass is 9.49. The van der Waals surface area contributed by atoms with Crippen LogP contribution in [0.15, 0.2) is 153 Å². The normalized spacial score (nSPS) is 43.2. The standard InChI is InChI=1S/C25H32O4.2C24H32O5.2C24H30O5/c1-15-12-21-19-7-6-17-13-18(27)8-10-23(17,3)20(19)9-11-24(21,4)25(15,5)22(28)14-29-16(2)26;4*1-14-11-20-18-6-5-16-12-17(26)7-9-22(16,3)19(18)8-10-23(20,4)24(14,28)21(27)13-29-15(2)25/h8-10,13,15,19,21H,6-7,11-12,14H2,1-5H3;2*8,12,14,18,20,28H,5-7,9-11,13H2,1-4H3;2*7-9,12,14,18,20,28H,5-6,10-11,13H2,1-4H3/t15-,19?,21?,23+,24+,25-;14-,18?,20?,22+,23+,24+;14-,18?,20?,22-,23-,24-;14-,18?,20?,22+,23+,24+;14-,18?,20?,22-,23-,24-/m11010/s1. The van der Waals surface area contributed by atoms with Crippen LogP contribution in [0.5, 0.6) is 0 Å². The van der Waals surface area contributed by atoms with Crippen LogP contribution in [0.3, 0.4) is 0 Å². The maximum Gasteiger partial charge on any atom is 0.303 e. The van der Waals surface area contributed by atoms with Crippen molar-refractivity contribution in [1.82, 2.24) is 0 Å². The molecular weight excluding hydrogens is 1840 g/mol. The molecule has 24 nitrogen and oxygen atoms in total. The Bertz CT molecular complexity index is 5460. The Kier molecular flexibility index (Phi) is 28.5. The summed E-state index contributed by atoms with van der Waals surface area (Å²) < 4.78 is 24.9. The van der Waals surface area contributed by atoms with Gasteiger partial charge in [0.25, 0.3) is 0 Å². The third-order valence-corrected chi connectivity index (χ3v) is 43.3. The Hall–Kier alpha value is -9.49. The Morgan fingerprint density at radius 2 is 0.510 bits per heavy atom. The molecule has 20 rings (SSSR count). The van der Waals surface area contributed by atoms with E-state index in [1.165, 1.54) is 90.3 Å². The second-order valence-corrected chi connectivity index (χ2v) is 49.9. The monoisotopic (exact) mass is 1990 g/mol. The molecule has 0 amide bonds. The number of carbonyl (C=O) groups excluding carboxylic acids is 15. The van der Waals surface area contributed by atoms with Crippen LogP contribution in [0, 0.1) is 148 Å². The molecule has 0 bridgehead atoms. The van der Waals surface area contributed by atoms with Crippen LogP contribution in [0.4, 0.5) is 0 Å². The van der Waals surface area contributed by atoms with Gasteiger partial charge in [-0.15, -0.1) is 0 Å². The van der Waals surface area contributed by atoms with Crippen molar-refractivity contribution in [2.45, 2.75) is 322 Å². The van der Waals surface area contributed by atoms with E-state index in [4.69, 9.17) is 23.7 Å². The first-order chi connectivity index (χ1) is 67.7. The molecule has 0 aromatic rings. The highest BCUT2D eigenvalue weighted by molar-refractivity contribution is 6.03. The van der Waals surface area contributed by atoms with Crippen LogP contribution in [0.2, 0.25) is 0 Å². The molecule has 0 spiro atoms. The van der Waals surface area contributed by atoms with E-state index in [2.05, 4.69) is 91.8 Å². The number of aliphatic hydroxyl groups is 4. The summed E-state index contributed by atoms with van der Waals surface area (Å²) in [6.45, 7) is 38.4. The lowest BCUT2D eigenvalue weighted by Gasteiger charge is -2.54. The maximum atomic E-state index is 13.3. The minimum Gasteiger partial charge on any atom is -0.458 e. The fourth-order valence-electron chi connectivity index (χ4n) is 34.6. The van der Waals surface area contributed by atoms with Crippen molar-refractivity contribution >= 4 is 87.7 Å². The van der Waals surface area contributed by atoms with Gasteiger partial charge in [0.2, 0.25) is 23.1 Å². The summed E-state index contributed by atoms with van der Waals surface area (Å²) in [5, 5.41) is 46.7. The fraction of sp³-hybridized carbons (Fsp3) is 0.661. The van der Waals surface area contributed by atoms with Crippen LogP contribution in [-0.4, -0.2) is 164 Å². The summed E-state index contributed by atoms with van der Waals surface area (Å²) in [5.74, 6) is -1.04. The molecule has 0 saturated heterocycles. The van der Waals surface area contributed by atoms with Gasteiger partial charge in [-0.25, -0.2) is 0 Å². The molecule has 0 radical (unpaired) electrons. The number of rotatable bonds is 15. The van der Waals surface area contributed by atoms with E-state index in [9.17, 15) is 92.3 Å². The second kappa shape index (κ2) is 38.2. The number of Topliss-reactive ketones (excluding diaryl/α,β-unsaturated/α-hetero) is 5. The van der Waals surface area contributed by atoms with E-state index in [0.717, 1.165) is 116 Å². The zero-order valence-corrected chi connectivity index (χ0v) is 89.4. The first-order valence-electron chi connectivity index (χ1n) is 53.7. The van der Waals surface area contributed by atoms with E-state index in [1.54, 1.807) is 30.4 Å². The third kappa shape index (κ3) is 16.7. The predicted molar refractivity (Wildman–Crippen MR) is 542 cm³/mol. The highest BCUT2D eigenvalue weighted by Crippen LogP contribution is 2.75. The van der Waals surface area contributed by atoms with Crippen LogP contribution in [0.1, 0.15) is 299 Å². The van der Waals surface area contributed by atoms with Crippen LogP contribution in [-0.2, 0) is 95.6 Å². The molecule has 24 heteroatoms. The van der Waals surface area contributed by atoms with E-state index < -0.39 is 90.9 Å². The van der Waals surface area contributed by atoms with Crippen molar-refractivity contribution in [3.05, 3.63) is 153 Å². The van der Waals surface area contributed by atoms with E-state index >= 15 is 0 Å². The minimum absolute atomic E-state index is 0.0489. The van der Waals surface area contributed by atoms with E-state index in [-0.39, 0.29) is 177 Å². The lowest BCUT2D eigenvalue weighted by molar-refractivity contribution is -0.167. The van der Waals surface area contributed by atoms with Crippen molar-refractivity contribution in [2.75, 3.05) is 33.0 Å². The number of esters is 5. The van der Waals surface area contributed by atoms with Crippen LogP contribution < -0.4 is 0 Å². The molecular formula is C121H156O24. The first kappa shape index (κ1) is 108. The predicted octanol–water partition coefficient (Wildman–Crippen LogP) is 18.3. The molecule has 4 N–H and O–H groups in total. The topological polar surface area (TPSA) is 383 Å². The summed E-state index contributed by atoms with van der Waals surface area (Å²) >= 11 is 0. The number of allylic oxidation sites excluding steroid dienone is 26. The number of hydrogen-bond acceptors (Lipinski definition) is 24. The summed E-state index contributed by atoms with van der Waals surface area (Å²) in [6, 6.07) is 0. The Morgan fingerprint density at radius 3 is 0.772 bits per heavy atom. The Labute approximate surface area is 855 Å². The molecule has 145 heavy (non-hydrogen) atoms. The summed E-state index contributed by atoms with van der Waals surface area (Å²) in [6.07, 6.45) is 51.2. The first-order valence-corrected chi connectivity index (χ1v) is 53.7. The van der Waals surface area contributed by atoms with Gasteiger partial charge in [-0.1, -0.05) is 194 Å². The average Bonchev–Trinajstić information content (AvgIpc) is 1.57. The molecule has 784 valence electrons. The van der Waals surface area contributed by atoms with Gasteiger partial charge < -0.3 is 44.1 Å². The fourth-order valence-corrected chi connectivity index (χ4v) is 34.6. The van der Waals surface area contributed by atoms with Crippen molar-refractivity contribution in [1.29, 1.82) is 0 Å². The minimum atomic E-state index is -1.51. The van der Waals surface area contributed by atoms with Crippen molar-refractivity contribution in [3.8, 4) is 0 Å². The van der Waals surface area contributed by atoms with E-state index in [1.807, 2.05) is 85.8 Å². The van der Waals surface area contributed by atoms with Gasteiger partial charge >= 0.3 is 29.8 Å². The average molecular weight is 1990 g/mol. The zero-order valence-electron chi connectivity index (χ0n) is 89.4. The quantitative estimate of drug-likeness (QED) is 0.0672. The van der Waals surface area contributed by atoms with Crippen LogP contribution in [0.25, 0.3) is 0 Å². The van der Waals surface area contributed by atoms with Gasteiger partial charge in [0.15, 0.2) is 67.7 Å². The van der Waals surface area contributed by atoms with Crippen molar-refractivity contribution in [2.24, 2.45) is 148 Å². The van der Waals surface area contributed by atoms with Gasteiger partial charge in [0.05, 0.1) is 0 Å². The molecule has 0 heterocycles. The van der Waals surface area contributed by atoms with Gasteiger partial charge in [-0.05, 0) is 305 Å². The zero-order chi connectivity index (χ0) is 106. The van der Waals surface area contributed by atoms with Gasteiger partial charge in [0, 0.05) is 102 Å². The van der Waals surface area contributed by atoms with Crippen molar-refractivity contribution < 1.29 is 116 Å². The molecule has 20 aliphatic rings. The molecule has 10 saturated carbocycles. The lowest BCUT2D eigenvalue weighted by Crippen LogP contribution is -2.57. The summed E-state index contributed by atoms with van der Waals surface area (Å²) in [4.78, 5) is 181. The SMILES string of the molecule is CC(=O)OCC(=O)[C@@]1(C)[C@H](C)CC2C3CCC4=CC(=O)C=C[C@]4(C)C3=CC[C@@]21C.CC(=O)OCC(=O)[C@@]1(O)[C@@H](C)CC2C3CCC4=CC(=O)C=C[C@]4(C)C3=CC[C@@]21C.CC(=O)OCC(=O)[C@@]1(O)[C@@H](C)CC2C3CCC4=CC(=O)CC[C@]4(C)C3=CC[C@@]21C.CC(=O)OCC(=O)[C@@]1(O)[C@H](C)CC2C3CCC4=CC(=O)C=C[C@]4(C)C3=CC[C@@]21C.CC(=O)OCC(=O)[C@@]1(O)[C@H](C)CC2C3CCC4=CC(=O)CC[C@]4(C)C3=CC[C@@]21C. The smallest absolute Gasteiger partial charge is 0.303 e. The molecule has 30 atom stereocenters. The summed E-state index contributed by atoms with van der Waals surface area (Å²) in [5.41, 5.74) is 3.22. The number of ketones is 10. The Morgan fingerprint density at radius 1 is 0.290 bits per heavy atom. The Balaban J connectivity index is 0.000000130. The van der Waals surface area contributed by atoms with E-state index in [0.29, 0.717) is 62.2 Å². The molecule has 0 aliphatic heterocycles. The number of fused-ring (bicyclic) bond motifs is 25. The highest BCUT2D eigenvalue weighted by Gasteiger charge is 2.74. The van der Waals surface area contributed by atoms with Crippen LogP contribution >= 0.6 is 0 Å².